The van der Waals surface area contributed by atoms with Gasteiger partial charge in [-0.05, 0) is 41.8 Å². The number of hydrogen-bond donors (Lipinski definition) is 2. The van der Waals surface area contributed by atoms with Gasteiger partial charge in [-0.2, -0.15) is 0 Å². The van der Waals surface area contributed by atoms with Crippen molar-refractivity contribution in [2.45, 2.75) is 12.5 Å². The monoisotopic (exact) mass is 328 g/mol. The number of aromatic amines is 1. The number of thiophene rings is 1. The van der Waals surface area contributed by atoms with Crippen molar-refractivity contribution in [1.82, 2.24) is 4.98 Å². The fourth-order valence-corrected chi connectivity index (χ4v) is 3.37. The fourth-order valence-electron chi connectivity index (χ4n) is 2.58. The molecule has 5 nitrogen and oxygen atoms in total. The summed E-state index contributed by atoms with van der Waals surface area (Å²) in [6.45, 7) is 1.40. The molecular formula is C17H16N2O3S. The van der Waals surface area contributed by atoms with Gasteiger partial charge in [-0.1, -0.05) is 0 Å². The second-order valence-corrected chi connectivity index (χ2v) is 6.41. The van der Waals surface area contributed by atoms with Crippen molar-refractivity contribution in [3.63, 3.8) is 0 Å². The molecule has 4 rings (SSSR count). The molecule has 0 spiro atoms. The number of benzene rings is 1. The fraction of sp³-hybridized carbons (Fsp3) is 0.235. The van der Waals surface area contributed by atoms with E-state index < -0.39 is 0 Å². The van der Waals surface area contributed by atoms with Crippen LogP contribution in [0.15, 0.2) is 41.8 Å². The molecule has 23 heavy (non-hydrogen) atoms. The average Bonchev–Trinajstić information content (AvgIpc) is 3.25. The third kappa shape index (κ3) is 3.09. The molecule has 6 heteroatoms. The molecule has 2 N–H and O–H groups in total. The zero-order valence-electron chi connectivity index (χ0n) is 12.4. The largest absolute Gasteiger partial charge is 0.488 e. The lowest BCUT2D eigenvalue weighted by atomic mass is 10.2. The normalized spacial score (nSPS) is 17.5. The van der Waals surface area contributed by atoms with Crippen LogP contribution in [0.5, 0.6) is 5.75 Å². The maximum Gasteiger partial charge on any atom is 0.272 e. The molecule has 1 saturated heterocycles. The van der Waals surface area contributed by atoms with E-state index in [-0.39, 0.29) is 12.0 Å². The molecule has 3 heterocycles. The molecule has 1 atom stereocenters. The first-order valence-electron chi connectivity index (χ1n) is 7.50. The topological polar surface area (TPSA) is 63.4 Å². The number of carbonyl (C=O) groups excluding carboxylic acids is 1. The van der Waals surface area contributed by atoms with Gasteiger partial charge in [0.15, 0.2) is 0 Å². The van der Waals surface area contributed by atoms with Gasteiger partial charge in [-0.15, -0.1) is 11.3 Å². The van der Waals surface area contributed by atoms with Gasteiger partial charge in [0.05, 0.1) is 23.4 Å². The maximum atomic E-state index is 12.3. The average molecular weight is 328 g/mol. The lowest BCUT2D eigenvalue weighted by Gasteiger charge is -2.12. The number of fused-ring (bicyclic) bond motifs is 1. The molecule has 1 amide bonds. The van der Waals surface area contributed by atoms with Crippen LogP contribution in [0, 0.1) is 0 Å². The van der Waals surface area contributed by atoms with E-state index in [1.807, 2.05) is 41.8 Å². The summed E-state index contributed by atoms with van der Waals surface area (Å²) in [6.07, 6.45) is 1.05. The van der Waals surface area contributed by atoms with Crippen molar-refractivity contribution in [2.24, 2.45) is 0 Å². The van der Waals surface area contributed by atoms with Crippen LogP contribution in [0.2, 0.25) is 0 Å². The Morgan fingerprint density at radius 1 is 1.30 bits per heavy atom. The molecule has 1 aromatic carbocycles. The molecule has 0 saturated carbocycles. The molecule has 118 valence electrons. The van der Waals surface area contributed by atoms with Crippen LogP contribution in [0.4, 0.5) is 5.69 Å². The minimum Gasteiger partial charge on any atom is -0.488 e. The summed E-state index contributed by atoms with van der Waals surface area (Å²) in [4.78, 5) is 15.4. The number of nitrogens with one attached hydrogen (secondary N) is 2. The summed E-state index contributed by atoms with van der Waals surface area (Å²) in [7, 11) is 0. The molecule has 0 aliphatic carbocycles. The van der Waals surface area contributed by atoms with E-state index in [2.05, 4.69) is 10.3 Å². The molecule has 0 bridgehead atoms. The zero-order chi connectivity index (χ0) is 15.6. The van der Waals surface area contributed by atoms with Crippen molar-refractivity contribution in [3.05, 3.63) is 47.5 Å². The number of aromatic nitrogens is 1. The minimum absolute atomic E-state index is 0.127. The predicted molar refractivity (Wildman–Crippen MR) is 90.4 cm³/mol. The number of carbonyl (C=O) groups is 1. The van der Waals surface area contributed by atoms with Crippen molar-refractivity contribution >= 4 is 33.1 Å². The van der Waals surface area contributed by atoms with E-state index in [0.29, 0.717) is 12.3 Å². The number of hydrogen-bond acceptors (Lipinski definition) is 4. The Morgan fingerprint density at radius 2 is 2.17 bits per heavy atom. The van der Waals surface area contributed by atoms with E-state index in [4.69, 9.17) is 9.47 Å². The van der Waals surface area contributed by atoms with Crippen molar-refractivity contribution in [2.75, 3.05) is 18.5 Å². The summed E-state index contributed by atoms with van der Waals surface area (Å²) in [5.41, 5.74) is 2.29. The number of rotatable bonds is 4. The highest BCUT2D eigenvalue weighted by Crippen LogP contribution is 2.23. The van der Waals surface area contributed by atoms with Gasteiger partial charge >= 0.3 is 0 Å². The Hall–Kier alpha value is -2.31. The first-order valence-corrected chi connectivity index (χ1v) is 8.38. The van der Waals surface area contributed by atoms with Gasteiger partial charge in [0.25, 0.3) is 5.91 Å². The van der Waals surface area contributed by atoms with Gasteiger partial charge in [-0.25, -0.2) is 0 Å². The minimum atomic E-state index is -0.147. The lowest BCUT2D eigenvalue weighted by Crippen LogP contribution is -2.15. The lowest BCUT2D eigenvalue weighted by molar-refractivity contribution is 0.102. The van der Waals surface area contributed by atoms with E-state index in [9.17, 15) is 4.79 Å². The van der Waals surface area contributed by atoms with Crippen LogP contribution >= 0.6 is 11.3 Å². The zero-order valence-corrected chi connectivity index (χ0v) is 13.2. The molecular weight excluding hydrogens is 312 g/mol. The molecule has 0 radical (unpaired) electrons. The van der Waals surface area contributed by atoms with E-state index >= 15 is 0 Å². The molecule has 3 aromatic rings. The Labute approximate surface area is 137 Å². The van der Waals surface area contributed by atoms with Crippen LogP contribution < -0.4 is 10.1 Å². The second kappa shape index (κ2) is 6.06. The Balaban J connectivity index is 1.41. The first-order chi connectivity index (χ1) is 11.3. The maximum absolute atomic E-state index is 12.3. The van der Waals surface area contributed by atoms with Gasteiger partial charge in [0.2, 0.25) is 0 Å². The summed E-state index contributed by atoms with van der Waals surface area (Å²) < 4.78 is 12.2. The predicted octanol–water partition coefficient (Wildman–Crippen LogP) is 3.65. The first kappa shape index (κ1) is 14.3. The Bertz CT molecular complexity index is 787. The Kier molecular flexibility index (Phi) is 3.77. The van der Waals surface area contributed by atoms with Gasteiger partial charge < -0.3 is 19.8 Å². The standard InChI is InChI=1S/C17H16N2O3S/c20-17(15-9-16-14(19-15)6-8-23-16)18-11-1-3-12(4-2-11)22-13-5-7-21-10-13/h1-4,6,8-9,13,19H,5,7,10H2,(H,18,20). The SMILES string of the molecule is O=C(Nc1ccc(OC2CCOC2)cc1)c1cc2sccc2[nH]1. The molecule has 1 aliphatic heterocycles. The van der Waals surface area contributed by atoms with Crippen molar-refractivity contribution in [3.8, 4) is 5.75 Å². The smallest absolute Gasteiger partial charge is 0.272 e. The third-order valence-electron chi connectivity index (χ3n) is 3.79. The van der Waals surface area contributed by atoms with Gasteiger partial charge in [0.1, 0.15) is 17.5 Å². The van der Waals surface area contributed by atoms with Gasteiger partial charge in [-0.3, -0.25) is 4.79 Å². The highest BCUT2D eigenvalue weighted by atomic mass is 32.1. The van der Waals surface area contributed by atoms with Crippen molar-refractivity contribution in [1.29, 1.82) is 0 Å². The third-order valence-corrected chi connectivity index (χ3v) is 4.65. The van der Waals surface area contributed by atoms with Crippen molar-refractivity contribution < 1.29 is 14.3 Å². The number of anilines is 1. The van der Waals surface area contributed by atoms with Crippen LogP contribution in [0.3, 0.4) is 0 Å². The quantitative estimate of drug-likeness (QED) is 0.768. The summed E-state index contributed by atoms with van der Waals surface area (Å²) in [5, 5.41) is 4.88. The number of ether oxygens (including phenoxy) is 2. The van der Waals surface area contributed by atoms with Crippen LogP contribution in [0.1, 0.15) is 16.9 Å². The molecule has 1 fully saturated rings. The van der Waals surface area contributed by atoms with E-state index in [1.165, 1.54) is 0 Å². The molecule has 1 aliphatic rings. The molecule has 1 unspecified atom stereocenters. The molecule has 2 aromatic heterocycles. The summed E-state index contributed by atoms with van der Waals surface area (Å²) in [6, 6.07) is 11.2. The van der Waals surface area contributed by atoms with Crippen LogP contribution in [-0.2, 0) is 4.74 Å². The number of amides is 1. The highest BCUT2D eigenvalue weighted by Gasteiger charge is 2.17. The van der Waals surface area contributed by atoms with E-state index in [0.717, 1.165) is 34.7 Å². The Morgan fingerprint density at radius 3 is 2.91 bits per heavy atom. The van der Waals surface area contributed by atoms with Gasteiger partial charge in [0, 0.05) is 12.1 Å². The highest BCUT2D eigenvalue weighted by molar-refractivity contribution is 7.17. The second-order valence-electron chi connectivity index (χ2n) is 5.46. The van der Waals surface area contributed by atoms with E-state index in [1.54, 1.807) is 11.3 Å². The summed E-state index contributed by atoms with van der Waals surface area (Å²) in [5.74, 6) is 0.644. The van der Waals surface area contributed by atoms with Crippen LogP contribution in [-0.4, -0.2) is 30.2 Å². The number of H-pyrrole nitrogens is 1. The summed E-state index contributed by atoms with van der Waals surface area (Å²) >= 11 is 1.61. The van der Waals surface area contributed by atoms with Crippen LogP contribution in [0.25, 0.3) is 10.2 Å².